The van der Waals surface area contributed by atoms with Gasteiger partial charge in [-0.05, 0) is 13.3 Å². The zero-order valence-corrected chi connectivity index (χ0v) is 8.30. The normalized spacial score (nSPS) is 31.1. The Labute approximate surface area is 70.4 Å². The average molecular weight is 157 g/mol. The molecule has 0 aromatic carbocycles. The molecule has 1 saturated heterocycles. The molecule has 0 aromatic heterocycles. The molecule has 1 unspecified atom stereocenters. The van der Waals surface area contributed by atoms with Crippen LogP contribution in [0.15, 0.2) is 0 Å². The van der Waals surface area contributed by atoms with E-state index in [1.165, 1.54) is 30.7 Å². The Morgan fingerprint density at radius 2 is 2.09 bits per heavy atom. The van der Waals surface area contributed by atoms with Crippen LogP contribution in [0.4, 0.5) is 0 Å². The topological polar surface area (TPSA) is 3.24 Å². The van der Waals surface area contributed by atoms with Crippen LogP contribution < -0.4 is 0 Å². The maximum absolute atomic E-state index is 2.56. The van der Waals surface area contributed by atoms with E-state index in [-0.39, 0.29) is 0 Å². The van der Waals surface area contributed by atoms with E-state index in [0.717, 1.165) is 6.04 Å². The average Bonchev–Trinajstić information content (AvgIpc) is 2.08. The minimum atomic E-state index is 0.807. The molecule has 1 atom stereocenters. The van der Waals surface area contributed by atoms with Gasteiger partial charge in [-0.3, -0.25) is 4.90 Å². The summed E-state index contributed by atoms with van der Waals surface area (Å²) in [6, 6.07) is 0.807. The molecule has 1 rings (SSSR count). The fourth-order valence-electron chi connectivity index (χ4n) is 1.79. The monoisotopic (exact) mass is 157 g/mol. The van der Waals surface area contributed by atoms with Crippen molar-refractivity contribution in [3.63, 3.8) is 0 Å². The van der Waals surface area contributed by atoms with Crippen molar-refractivity contribution in [3.8, 4) is 0 Å². The third-order valence-corrected chi connectivity index (χ3v) is 2.82. The number of rotatable bonds is 2. The predicted molar refractivity (Wildman–Crippen MR) is 48.3 cm³/mol. The van der Waals surface area contributed by atoms with Crippen molar-refractivity contribution in [2.75, 3.05) is 33.9 Å². The minimum absolute atomic E-state index is 0.807. The van der Waals surface area contributed by atoms with Crippen LogP contribution >= 0.6 is 0 Å². The first-order valence-electron chi connectivity index (χ1n) is 4.61. The molecule has 1 heterocycles. The lowest BCUT2D eigenvalue weighted by Gasteiger charge is -2.28. The predicted octanol–water partition coefficient (Wildman–Crippen LogP) is 1.13. The first kappa shape index (κ1) is 9.01. The zero-order chi connectivity index (χ0) is 8.48. The Morgan fingerprint density at radius 3 is 2.45 bits per heavy atom. The second-order valence-corrected chi connectivity index (χ2v) is 4.35. The number of hydrogen-bond acceptors (Lipinski definition) is 1. The van der Waals surface area contributed by atoms with Gasteiger partial charge >= 0.3 is 0 Å². The zero-order valence-electron chi connectivity index (χ0n) is 8.30. The van der Waals surface area contributed by atoms with Gasteiger partial charge < -0.3 is 4.48 Å². The third kappa shape index (κ3) is 1.94. The molecule has 66 valence electrons. The van der Waals surface area contributed by atoms with Crippen LogP contribution in [-0.2, 0) is 0 Å². The maximum Gasteiger partial charge on any atom is 0.135 e. The van der Waals surface area contributed by atoms with Crippen molar-refractivity contribution in [2.24, 2.45) is 0 Å². The Morgan fingerprint density at radius 1 is 1.45 bits per heavy atom. The molecule has 0 N–H and O–H groups in total. The van der Waals surface area contributed by atoms with E-state index in [1.54, 1.807) is 0 Å². The summed E-state index contributed by atoms with van der Waals surface area (Å²) in [4.78, 5) is 2.56. The Balaban J connectivity index is 2.43. The Bertz CT molecular complexity index is 132. The van der Waals surface area contributed by atoms with Crippen molar-refractivity contribution >= 4 is 0 Å². The SMILES string of the molecule is CCCN1CC(C)[N+](C)(C)C1. The van der Waals surface area contributed by atoms with Crippen molar-refractivity contribution in [2.45, 2.75) is 26.3 Å². The van der Waals surface area contributed by atoms with E-state index in [0.29, 0.717) is 0 Å². The van der Waals surface area contributed by atoms with Gasteiger partial charge in [-0.1, -0.05) is 6.92 Å². The summed E-state index contributed by atoms with van der Waals surface area (Å²) in [5.41, 5.74) is 0. The lowest BCUT2D eigenvalue weighted by atomic mass is 10.3. The molecule has 0 saturated carbocycles. The summed E-state index contributed by atoms with van der Waals surface area (Å²) in [6.45, 7) is 8.38. The lowest BCUT2D eigenvalue weighted by Crippen LogP contribution is -2.43. The van der Waals surface area contributed by atoms with Crippen LogP contribution in [0.5, 0.6) is 0 Å². The summed E-state index contributed by atoms with van der Waals surface area (Å²) in [5.74, 6) is 0. The van der Waals surface area contributed by atoms with Gasteiger partial charge in [0.1, 0.15) is 6.67 Å². The van der Waals surface area contributed by atoms with E-state index in [4.69, 9.17) is 0 Å². The molecule has 2 heteroatoms. The Hall–Kier alpha value is -0.0800. The van der Waals surface area contributed by atoms with Gasteiger partial charge in [0.15, 0.2) is 0 Å². The van der Waals surface area contributed by atoms with E-state index in [2.05, 4.69) is 32.8 Å². The van der Waals surface area contributed by atoms with Gasteiger partial charge in [-0.15, -0.1) is 0 Å². The summed E-state index contributed by atoms with van der Waals surface area (Å²) < 4.78 is 1.17. The molecular formula is C9H21N2+. The van der Waals surface area contributed by atoms with E-state index in [1.807, 2.05) is 0 Å². The molecule has 1 fully saturated rings. The molecule has 0 radical (unpaired) electrons. The Kier molecular flexibility index (Phi) is 2.55. The quantitative estimate of drug-likeness (QED) is 0.543. The number of hydrogen-bond donors (Lipinski definition) is 0. The highest BCUT2D eigenvalue weighted by Gasteiger charge is 2.34. The molecule has 0 spiro atoms. The minimum Gasteiger partial charge on any atom is -0.313 e. The van der Waals surface area contributed by atoms with Crippen LogP contribution in [0.1, 0.15) is 20.3 Å². The summed E-state index contributed by atoms with van der Waals surface area (Å²) >= 11 is 0. The third-order valence-electron chi connectivity index (χ3n) is 2.82. The molecule has 0 aliphatic carbocycles. The van der Waals surface area contributed by atoms with Crippen molar-refractivity contribution in [3.05, 3.63) is 0 Å². The van der Waals surface area contributed by atoms with Crippen LogP contribution in [0.2, 0.25) is 0 Å². The number of likely N-dealkylation sites (N-methyl/N-ethyl adjacent to an activating group) is 1. The van der Waals surface area contributed by atoms with Gasteiger partial charge in [0, 0.05) is 6.54 Å². The molecular weight excluding hydrogens is 136 g/mol. The number of nitrogens with zero attached hydrogens (tertiary/aromatic N) is 2. The first-order valence-corrected chi connectivity index (χ1v) is 4.61. The van der Waals surface area contributed by atoms with Gasteiger partial charge in [-0.2, -0.15) is 0 Å². The van der Waals surface area contributed by atoms with Gasteiger partial charge in [0.25, 0.3) is 0 Å². The molecule has 0 bridgehead atoms. The second kappa shape index (κ2) is 3.11. The summed E-state index contributed by atoms with van der Waals surface area (Å²) in [6.07, 6.45) is 1.28. The van der Waals surface area contributed by atoms with Crippen LogP contribution in [0, 0.1) is 0 Å². The van der Waals surface area contributed by atoms with Crippen molar-refractivity contribution < 1.29 is 4.48 Å². The van der Waals surface area contributed by atoms with Gasteiger partial charge in [0.05, 0.1) is 26.7 Å². The number of quaternary nitrogens is 1. The highest BCUT2D eigenvalue weighted by atomic mass is 15.5. The summed E-state index contributed by atoms with van der Waals surface area (Å²) in [7, 11) is 4.64. The van der Waals surface area contributed by atoms with Gasteiger partial charge in [-0.25, -0.2) is 0 Å². The van der Waals surface area contributed by atoms with Gasteiger partial charge in [0.2, 0.25) is 0 Å². The molecule has 0 aromatic rings. The second-order valence-electron chi connectivity index (χ2n) is 4.35. The lowest BCUT2D eigenvalue weighted by molar-refractivity contribution is -0.903. The fourth-order valence-corrected chi connectivity index (χ4v) is 1.79. The van der Waals surface area contributed by atoms with Crippen molar-refractivity contribution in [1.82, 2.24) is 4.90 Å². The maximum atomic E-state index is 2.56. The molecule has 1 aliphatic heterocycles. The van der Waals surface area contributed by atoms with Crippen molar-refractivity contribution in [1.29, 1.82) is 0 Å². The standard InChI is InChI=1S/C9H21N2/c1-5-6-10-7-9(2)11(3,4)8-10/h9H,5-8H2,1-4H3/q+1. The molecule has 11 heavy (non-hydrogen) atoms. The van der Waals surface area contributed by atoms with E-state index in [9.17, 15) is 0 Å². The highest BCUT2D eigenvalue weighted by Crippen LogP contribution is 2.17. The fraction of sp³-hybridized carbons (Fsp3) is 1.00. The molecule has 2 nitrogen and oxygen atoms in total. The van der Waals surface area contributed by atoms with E-state index < -0.39 is 0 Å². The molecule has 1 aliphatic rings. The molecule has 0 amide bonds. The van der Waals surface area contributed by atoms with Crippen LogP contribution in [-0.4, -0.2) is 49.3 Å². The largest absolute Gasteiger partial charge is 0.313 e. The smallest absolute Gasteiger partial charge is 0.135 e. The van der Waals surface area contributed by atoms with Crippen LogP contribution in [0.25, 0.3) is 0 Å². The highest BCUT2D eigenvalue weighted by molar-refractivity contribution is 4.66. The van der Waals surface area contributed by atoms with Crippen LogP contribution in [0.3, 0.4) is 0 Å². The summed E-state index contributed by atoms with van der Waals surface area (Å²) in [5, 5.41) is 0. The van der Waals surface area contributed by atoms with E-state index >= 15 is 0 Å². The first-order chi connectivity index (χ1) is 5.06.